The fourth-order valence-electron chi connectivity index (χ4n) is 3.64. The highest BCUT2D eigenvalue weighted by molar-refractivity contribution is 7.58. The van der Waals surface area contributed by atoms with Crippen molar-refractivity contribution in [3.05, 3.63) is 0 Å². The van der Waals surface area contributed by atoms with E-state index in [2.05, 4.69) is 5.32 Å². The summed E-state index contributed by atoms with van der Waals surface area (Å²) in [5.41, 5.74) is 5.53. The van der Waals surface area contributed by atoms with E-state index < -0.39 is 31.5 Å². The molecular weight excluding hydrogens is 367 g/mol. The number of carbonyl (C=O) groups is 2. The van der Waals surface area contributed by atoms with Crippen LogP contribution in [0.2, 0.25) is 0 Å². The predicted molar refractivity (Wildman–Crippen MR) is 107 cm³/mol. The molecule has 1 saturated carbocycles. The minimum Gasteiger partial charge on any atom is -0.393 e. The van der Waals surface area contributed by atoms with Gasteiger partial charge in [0.2, 0.25) is 13.3 Å². The molecule has 5 N–H and O–H groups in total. The van der Waals surface area contributed by atoms with Crippen molar-refractivity contribution in [3.8, 4) is 0 Å². The zero-order valence-electron chi connectivity index (χ0n) is 16.9. The Hall–Kier alpha value is -0.750. The lowest BCUT2D eigenvalue weighted by molar-refractivity contribution is -0.129. The summed E-state index contributed by atoms with van der Waals surface area (Å²) in [6.45, 7) is 5.20. The number of amides is 1. The lowest BCUT2D eigenvalue weighted by Crippen LogP contribution is -2.49. The molecule has 27 heavy (non-hydrogen) atoms. The molecule has 0 aromatic carbocycles. The Labute approximate surface area is 162 Å². The standard InChI is InChI=1S/C19H37N2O5P/c1-13(2)18(21-19(24)14(3)20)17(23)10-9-16(22)12-27(25,26)11-15-7-5-4-6-8-15/h13-16,18,22H,4-12,20H2,1-3H3,(H,21,24)(H,25,26)/t14-,16+,18+/m0/s1. The van der Waals surface area contributed by atoms with Crippen LogP contribution >= 0.6 is 7.37 Å². The molecule has 0 aliphatic heterocycles. The van der Waals surface area contributed by atoms with Crippen LogP contribution < -0.4 is 11.1 Å². The second-order valence-electron chi connectivity index (χ2n) is 8.39. The van der Waals surface area contributed by atoms with E-state index in [1.807, 2.05) is 13.8 Å². The van der Waals surface area contributed by atoms with E-state index in [1.54, 1.807) is 6.92 Å². The Balaban J connectivity index is 2.48. The fourth-order valence-corrected chi connectivity index (χ4v) is 5.80. The molecule has 0 aromatic rings. The molecule has 0 radical (unpaired) electrons. The van der Waals surface area contributed by atoms with E-state index in [1.165, 1.54) is 6.42 Å². The van der Waals surface area contributed by atoms with Gasteiger partial charge in [-0.05, 0) is 38.0 Å². The van der Waals surface area contributed by atoms with Gasteiger partial charge < -0.3 is 21.1 Å². The zero-order valence-corrected chi connectivity index (χ0v) is 17.8. The van der Waals surface area contributed by atoms with Gasteiger partial charge in [-0.25, -0.2) is 0 Å². The molecule has 1 aliphatic carbocycles. The predicted octanol–water partition coefficient (Wildman–Crippen LogP) is 2.04. The summed E-state index contributed by atoms with van der Waals surface area (Å²) >= 11 is 0. The lowest BCUT2D eigenvalue weighted by atomic mass is 9.91. The minimum atomic E-state index is -3.40. The van der Waals surface area contributed by atoms with Crippen molar-refractivity contribution >= 4 is 19.1 Å². The molecule has 1 fully saturated rings. The molecule has 7 nitrogen and oxygen atoms in total. The summed E-state index contributed by atoms with van der Waals surface area (Å²) in [6, 6.07) is -1.37. The third-order valence-corrected chi connectivity index (χ3v) is 7.29. The quantitative estimate of drug-likeness (QED) is 0.390. The first-order valence-electron chi connectivity index (χ1n) is 10.1. The van der Waals surface area contributed by atoms with Gasteiger partial charge in [-0.3, -0.25) is 14.2 Å². The first-order chi connectivity index (χ1) is 12.5. The molecule has 1 unspecified atom stereocenters. The summed E-state index contributed by atoms with van der Waals surface area (Å²) in [5, 5.41) is 12.8. The number of nitrogens with one attached hydrogen (secondary N) is 1. The zero-order chi connectivity index (χ0) is 20.6. The van der Waals surface area contributed by atoms with E-state index in [4.69, 9.17) is 5.73 Å². The number of hydrogen-bond acceptors (Lipinski definition) is 5. The average molecular weight is 404 g/mol. The van der Waals surface area contributed by atoms with E-state index >= 15 is 0 Å². The third-order valence-electron chi connectivity index (χ3n) is 5.21. The van der Waals surface area contributed by atoms with Gasteiger partial charge in [0.25, 0.3) is 0 Å². The Morgan fingerprint density at radius 3 is 2.30 bits per heavy atom. The summed E-state index contributed by atoms with van der Waals surface area (Å²) in [6.07, 6.45) is 4.61. The fraction of sp³-hybridized carbons (Fsp3) is 0.895. The average Bonchev–Trinajstić information content (AvgIpc) is 2.56. The van der Waals surface area contributed by atoms with Crippen molar-refractivity contribution in [1.82, 2.24) is 5.32 Å². The maximum absolute atomic E-state index is 12.4. The molecular formula is C19H37N2O5P. The van der Waals surface area contributed by atoms with Crippen LogP contribution in [0.4, 0.5) is 0 Å². The van der Waals surface area contributed by atoms with Crippen LogP contribution in [0.25, 0.3) is 0 Å². The van der Waals surface area contributed by atoms with Gasteiger partial charge in [0.15, 0.2) is 5.78 Å². The summed E-state index contributed by atoms with van der Waals surface area (Å²) in [5.74, 6) is -0.428. The summed E-state index contributed by atoms with van der Waals surface area (Å²) < 4.78 is 12.4. The molecule has 0 aromatic heterocycles. The lowest BCUT2D eigenvalue weighted by Gasteiger charge is -2.25. The van der Waals surface area contributed by atoms with Crippen molar-refractivity contribution in [3.63, 3.8) is 0 Å². The normalized spacial score (nSPS) is 21.3. The van der Waals surface area contributed by atoms with Crippen LogP contribution in [0.5, 0.6) is 0 Å². The van der Waals surface area contributed by atoms with E-state index in [-0.39, 0.29) is 42.8 Å². The van der Waals surface area contributed by atoms with E-state index in [0.717, 1.165) is 25.7 Å². The van der Waals surface area contributed by atoms with Crippen molar-refractivity contribution in [2.45, 2.75) is 83.9 Å². The molecule has 0 heterocycles. The monoisotopic (exact) mass is 404 g/mol. The Kier molecular flexibility index (Phi) is 10.2. The molecule has 8 heteroatoms. The molecule has 0 bridgehead atoms. The molecule has 1 aliphatic rings. The van der Waals surface area contributed by atoms with Gasteiger partial charge in [0, 0.05) is 12.6 Å². The first kappa shape index (κ1) is 24.3. The highest BCUT2D eigenvalue weighted by atomic mass is 31.2. The third kappa shape index (κ3) is 9.33. The number of ketones is 1. The van der Waals surface area contributed by atoms with Crippen molar-refractivity contribution in [2.75, 3.05) is 12.3 Å². The number of aliphatic hydroxyl groups is 1. The molecule has 4 atom stereocenters. The molecule has 1 amide bonds. The van der Waals surface area contributed by atoms with Crippen LogP contribution in [0.15, 0.2) is 0 Å². The van der Waals surface area contributed by atoms with Crippen LogP contribution in [0.3, 0.4) is 0 Å². The van der Waals surface area contributed by atoms with Crippen LogP contribution in [0, 0.1) is 11.8 Å². The van der Waals surface area contributed by atoms with E-state index in [9.17, 15) is 24.2 Å². The van der Waals surface area contributed by atoms with Gasteiger partial charge >= 0.3 is 0 Å². The highest BCUT2D eigenvalue weighted by Gasteiger charge is 2.30. The summed E-state index contributed by atoms with van der Waals surface area (Å²) in [4.78, 5) is 34.4. The van der Waals surface area contributed by atoms with Crippen LogP contribution in [-0.2, 0) is 14.2 Å². The van der Waals surface area contributed by atoms with Gasteiger partial charge in [-0.1, -0.05) is 33.1 Å². The first-order valence-corrected chi connectivity index (χ1v) is 12.1. The number of aliphatic hydroxyl groups excluding tert-OH is 1. The number of carbonyl (C=O) groups excluding carboxylic acids is 2. The van der Waals surface area contributed by atoms with Crippen molar-refractivity contribution < 1.29 is 24.2 Å². The number of nitrogens with two attached hydrogens (primary N) is 1. The van der Waals surface area contributed by atoms with Crippen LogP contribution in [-0.4, -0.2) is 52.2 Å². The smallest absolute Gasteiger partial charge is 0.237 e. The van der Waals surface area contributed by atoms with Gasteiger partial charge in [-0.2, -0.15) is 0 Å². The van der Waals surface area contributed by atoms with Gasteiger partial charge in [-0.15, -0.1) is 0 Å². The SMILES string of the molecule is CC(C)[C@@H](NC(=O)[C@H](C)N)C(=O)CC[C@@H](O)CP(=O)(O)CC1CCCCC1. The Morgan fingerprint density at radius 1 is 1.19 bits per heavy atom. The highest BCUT2D eigenvalue weighted by Crippen LogP contribution is 2.46. The van der Waals surface area contributed by atoms with Gasteiger partial charge in [0.1, 0.15) is 0 Å². The number of hydrogen-bond donors (Lipinski definition) is 4. The molecule has 158 valence electrons. The molecule has 1 rings (SSSR count). The van der Waals surface area contributed by atoms with Gasteiger partial charge in [0.05, 0.1) is 24.3 Å². The minimum absolute atomic E-state index is 0.0483. The number of Topliss-reactive ketones (excluding diaryl/α,β-unsaturated/α-hetero) is 1. The summed E-state index contributed by atoms with van der Waals surface area (Å²) in [7, 11) is -3.40. The Morgan fingerprint density at radius 2 is 1.78 bits per heavy atom. The number of rotatable bonds is 11. The van der Waals surface area contributed by atoms with Crippen molar-refractivity contribution in [2.24, 2.45) is 17.6 Å². The topological polar surface area (TPSA) is 130 Å². The largest absolute Gasteiger partial charge is 0.393 e. The maximum Gasteiger partial charge on any atom is 0.237 e. The molecule has 0 saturated heterocycles. The van der Waals surface area contributed by atoms with Crippen LogP contribution in [0.1, 0.15) is 65.7 Å². The second kappa shape index (κ2) is 11.3. The molecule has 0 spiro atoms. The maximum atomic E-state index is 12.4. The van der Waals surface area contributed by atoms with E-state index in [0.29, 0.717) is 0 Å². The Bertz CT molecular complexity index is 532. The van der Waals surface area contributed by atoms with Crippen molar-refractivity contribution in [1.29, 1.82) is 0 Å². The second-order valence-corrected chi connectivity index (χ2v) is 10.8.